The molecule has 1 N–H and O–H groups in total. The summed E-state index contributed by atoms with van der Waals surface area (Å²) in [7, 11) is 0. The summed E-state index contributed by atoms with van der Waals surface area (Å²) < 4.78 is 12.9. The Morgan fingerprint density at radius 3 is 2.33 bits per heavy atom. The van der Waals surface area contributed by atoms with Crippen LogP contribution in [-0.2, 0) is 6.54 Å². The highest BCUT2D eigenvalue weighted by atomic mass is 19.1. The van der Waals surface area contributed by atoms with Gasteiger partial charge in [-0.15, -0.1) is 0 Å². The molecular formula is C18H22FN2+. The number of quaternary nitrogens is 1. The molecule has 0 unspecified atom stereocenters. The Morgan fingerprint density at radius 1 is 1.00 bits per heavy atom. The molecule has 2 nitrogen and oxygen atoms in total. The summed E-state index contributed by atoms with van der Waals surface area (Å²) in [6, 6.07) is 15.5. The molecule has 1 aliphatic rings. The number of nitrogens with one attached hydrogen (secondary N) is 1. The van der Waals surface area contributed by atoms with Gasteiger partial charge in [0, 0.05) is 11.3 Å². The lowest BCUT2D eigenvalue weighted by Gasteiger charge is -2.34. The molecule has 21 heavy (non-hydrogen) atoms. The molecule has 1 aliphatic heterocycles. The van der Waals surface area contributed by atoms with E-state index in [2.05, 4.69) is 36.1 Å². The first kappa shape index (κ1) is 14.1. The summed E-state index contributed by atoms with van der Waals surface area (Å²) in [5, 5.41) is 0. The molecule has 0 aromatic heterocycles. The molecule has 0 atom stereocenters. The minimum atomic E-state index is -0.155. The van der Waals surface area contributed by atoms with Gasteiger partial charge in [-0.1, -0.05) is 30.3 Å². The Kier molecular flexibility index (Phi) is 4.20. The van der Waals surface area contributed by atoms with Crippen LogP contribution in [0, 0.1) is 12.7 Å². The van der Waals surface area contributed by atoms with Gasteiger partial charge >= 0.3 is 0 Å². The van der Waals surface area contributed by atoms with Gasteiger partial charge < -0.3 is 9.80 Å². The fourth-order valence-electron chi connectivity index (χ4n) is 3.05. The van der Waals surface area contributed by atoms with Crippen molar-refractivity contribution in [2.45, 2.75) is 13.5 Å². The van der Waals surface area contributed by atoms with Crippen molar-refractivity contribution in [3.05, 3.63) is 65.5 Å². The predicted octanol–water partition coefficient (Wildman–Crippen LogP) is 2.04. The van der Waals surface area contributed by atoms with Gasteiger partial charge in [-0.3, -0.25) is 0 Å². The van der Waals surface area contributed by atoms with Crippen LogP contribution in [0.5, 0.6) is 0 Å². The molecule has 0 saturated carbocycles. The van der Waals surface area contributed by atoms with Crippen molar-refractivity contribution >= 4 is 5.69 Å². The average Bonchev–Trinajstić information content (AvgIpc) is 2.51. The maximum atomic E-state index is 12.9. The van der Waals surface area contributed by atoms with E-state index in [1.54, 1.807) is 17.0 Å². The topological polar surface area (TPSA) is 7.68 Å². The molecule has 0 bridgehead atoms. The summed E-state index contributed by atoms with van der Waals surface area (Å²) in [5.41, 5.74) is 3.92. The molecule has 0 radical (unpaired) electrons. The number of aryl methyl sites for hydroxylation is 1. The van der Waals surface area contributed by atoms with Gasteiger partial charge in [0.15, 0.2) is 0 Å². The van der Waals surface area contributed by atoms with Gasteiger partial charge in [0.25, 0.3) is 0 Å². The number of anilines is 1. The fourth-order valence-corrected chi connectivity index (χ4v) is 3.05. The highest BCUT2D eigenvalue weighted by Crippen LogP contribution is 2.18. The molecule has 0 spiro atoms. The summed E-state index contributed by atoms with van der Waals surface area (Å²) in [6.07, 6.45) is 0. The second-order valence-electron chi connectivity index (χ2n) is 5.83. The number of piperazine rings is 1. The summed E-state index contributed by atoms with van der Waals surface area (Å²) >= 11 is 0. The third-order valence-corrected chi connectivity index (χ3v) is 4.29. The second-order valence-corrected chi connectivity index (χ2v) is 5.83. The van der Waals surface area contributed by atoms with Crippen LogP contribution < -0.4 is 9.80 Å². The molecule has 2 aromatic carbocycles. The SMILES string of the molecule is Cc1ccccc1N1CC[NH+](Cc2ccc(F)cc2)CC1. The van der Waals surface area contributed by atoms with Crippen LogP contribution in [0.2, 0.25) is 0 Å². The third-order valence-electron chi connectivity index (χ3n) is 4.29. The van der Waals surface area contributed by atoms with E-state index in [1.807, 2.05) is 12.1 Å². The van der Waals surface area contributed by atoms with Crippen LogP contribution in [0.1, 0.15) is 11.1 Å². The molecule has 1 saturated heterocycles. The normalized spacial score (nSPS) is 16.2. The number of nitrogens with zero attached hydrogens (tertiary/aromatic N) is 1. The van der Waals surface area contributed by atoms with Gasteiger partial charge in [0.05, 0.1) is 26.2 Å². The van der Waals surface area contributed by atoms with Crippen molar-refractivity contribution in [2.75, 3.05) is 31.1 Å². The lowest BCUT2D eigenvalue weighted by Crippen LogP contribution is -3.13. The molecule has 0 aliphatic carbocycles. The van der Waals surface area contributed by atoms with Crippen LogP contribution in [0.4, 0.5) is 10.1 Å². The van der Waals surface area contributed by atoms with Gasteiger partial charge in [-0.05, 0) is 30.7 Å². The Balaban J connectivity index is 1.58. The molecular weight excluding hydrogens is 263 g/mol. The van der Waals surface area contributed by atoms with Gasteiger partial charge in [0.2, 0.25) is 0 Å². The highest BCUT2D eigenvalue weighted by molar-refractivity contribution is 5.53. The van der Waals surface area contributed by atoms with Crippen molar-refractivity contribution in [1.29, 1.82) is 0 Å². The average molecular weight is 285 g/mol. The zero-order valence-corrected chi connectivity index (χ0v) is 12.5. The first-order valence-electron chi connectivity index (χ1n) is 7.61. The quantitative estimate of drug-likeness (QED) is 0.907. The second kappa shape index (κ2) is 6.27. The zero-order valence-electron chi connectivity index (χ0n) is 12.5. The molecule has 2 aromatic rings. The molecule has 3 rings (SSSR count). The van der Waals surface area contributed by atoms with E-state index in [0.717, 1.165) is 32.7 Å². The molecule has 0 amide bonds. The van der Waals surface area contributed by atoms with Gasteiger partial charge in [0.1, 0.15) is 12.4 Å². The standard InChI is InChI=1S/C18H21FN2/c1-15-4-2-3-5-18(15)21-12-10-20(11-13-21)14-16-6-8-17(19)9-7-16/h2-9H,10-14H2,1H3/p+1. The fraction of sp³-hybridized carbons (Fsp3) is 0.333. The predicted molar refractivity (Wildman–Crippen MR) is 84.2 cm³/mol. The number of hydrogen-bond acceptors (Lipinski definition) is 1. The van der Waals surface area contributed by atoms with Crippen molar-refractivity contribution in [1.82, 2.24) is 0 Å². The van der Waals surface area contributed by atoms with E-state index >= 15 is 0 Å². The van der Waals surface area contributed by atoms with E-state index in [4.69, 9.17) is 0 Å². The summed E-state index contributed by atoms with van der Waals surface area (Å²) in [4.78, 5) is 4.05. The summed E-state index contributed by atoms with van der Waals surface area (Å²) in [5.74, 6) is -0.155. The van der Waals surface area contributed by atoms with Crippen LogP contribution in [0.25, 0.3) is 0 Å². The van der Waals surface area contributed by atoms with E-state index in [1.165, 1.54) is 16.8 Å². The third kappa shape index (κ3) is 3.42. The largest absolute Gasteiger partial charge is 0.360 e. The lowest BCUT2D eigenvalue weighted by atomic mass is 10.1. The van der Waals surface area contributed by atoms with Crippen molar-refractivity contribution in [3.63, 3.8) is 0 Å². The Labute approximate surface area is 125 Å². The van der Waals surface area contributed by atoms with Crippen molar-refractivity contribution < 1.29 is 9.29 Å². The van der Waals surface area contributed by atoms with E-state index < -0.39 is 0 Å². The Hall–Kier alpha value is -1.87. The number of para-hydroxylation sites is 1. The van der Waals surface area contributed by atoms with Crippen molar-refractivity contribution in [2.24, 2.45) is 0 Å². The highest BCUT2D eigenvalue weighted by Gasteiger charge is 2.21. The first-order valence-corrected chi connectivity index (χ1v) is 7.61. The van der Waals surface area contributed by atoms with Gasteiger partial charge in [-0.2, -0.15) is 0 Å². The minimum Gasteiger partial charge on any atom is -0.360 e. The number of halogens is 1. The number of rotatable bonds is 3. The minimum absolute atomic E-state index is 0.155. The van der Waals surface area contributed by atoms with E-state index in [-0.39, 0.29) is 5.82 Å². The first-order chi connectivity index (χ1) is 10.2. The summed E-state index contributed by atoms with van der Waals surface area (Å²) in [6.45, 7) is 7.59. The van der Waals surface area contributed by atoms with E-state index in [0.29, 0.717) is 0 Å². The lowest BCUT2D eigenvalue weighted by molar-refractivity contribution is -0.914. The maximum absolute atomic E-state index is 12.9. The number of hydrogen-bond donors (Lipinski definition) is 1. The van der Waals surface area contributed by atoms with Crippen LogP contribution >= 0.6 is 0 Å². The maximum Gasteiger partial charge on any atom is 0.123 e. The molecule has 1 heterocycles. The monoisotopic (exact) mass is 285 g/mol. The molecule has 1 fully saturated rings. The zero-order chi connectivity index (χ0) is 14.7. The Morgan fingerprint density at radius 2 is 1.67 bits per heavy atom. The van der Waals surface area contributed by atoms with Crippen molar-refractivity contribution in [3.8, 4) is 0 Å². The van der Waals surface area contributed by atoms with Gasteiger partial charge in [-0.25, -0.2) is 4.39 Å². The smallest absolute Gasteiger partial charge is 0.123 e. The van der Waals surface area contributed by atoms with Crippen LogP contribution in [0.3, 0.4) is 0 Å². The van der Waals surface area contributed by atoms with Crippen LogP contribution in [0.15, 0.2) is 48.5 Å². The van der Waals surface area contributed by atoms with Crippen LogP contribution in [-0.4, -0.2) is 26.2 Å². The van der Waals surface area contributed by atoms with E-state index in [9.17, 15) is 4.39 Å². The molecule has 3 heteroatoms. The Bertz CT molecular complexity index is 586. The molecule has 110 valence electrons. The number of benzene rings is 2.